The van der Waals surface area contributed by atoms with Gasteiger partial charge in [0, 0.05) is 26.3 Å². The van der Waals surface area contributed by atoms with Crippen molar-refractivity contribution in [1.29, 1.82) is 5.26 Å². The van der Waals surface area contributed by atoms with E-state index >= 15 is 0 Å². The highest BCUT2D eigenvalue weighted by Gasteiger charge is 2.13. The zero-order chi connectivity index (χ0) is 14.0. The van der Waals surface area contributed by atoms with Crippen molar-refractivity contribution in [2.24, 2.45) is 14.1 Å². The Morgan fingerprint density at radius 2 is 2.21 bits per heavy atom. The Labute approximate surface area is 112 Å². The number of rotatable bonds is 4. The van der Waals surface area contributed by atoms with Gasteiger partial charge >= 0.3 is 0 Å². The Morgan fingerprint density at radius 3 is 2.74 bits per heavy atom. The van der Waals surface area contributed by atoms with E-state index in [1.54, 1.807) is 6.33 Å². The summed E-state index contributed by atoms with van der Waals surface area (Å²) in [4.78, 5) is 0. The summed E-state index contributed by atoms with van der Waals surface area (Å²) >= 11 is 0. The van der Waals surface area contributed by atoms with Crippen molar-refractivity contribution in [3.63, 3.8) is 0 Å². The van der Waals surface area contributed by atoms with Crippen LogP contribution in [-0.2, 0) is 20.6 Å². The summed E-state index contributed by atoms with van der Waals surface area (Å²) in [5.74, 6) is 0.897. The molecular formula is C13H18N6. The molecule has 0 spiro atoms. The lowest BCUT2D eigenvalue weighted by Crippen LogP contribution is -2.21. The lowest BCUT2D eigenvalue weighted by molar-refractivity contribution is 0.527. The van der Waals surface area contributed by atoms with Gasteiger partial charge in [0.05, 0.1) is 6.04 Å². The van der Waals surface area contributed by atoms with Crippen LogP contribution in [0.3, 0.4) is 0 Å². The highest BCUT2D eigenvalue weighted by atomic mass is 15.3. The van der Waals surface area contributed by atoms with Crippen LogP contribution >= 0.6 is 0 Å². The zero-order valence-electron chi connectivity index (χ0n) is 11.7. The van der Waals surface area contributed by atoms with Crippen molar-refractivity contribution in [2.45, 2.75) is 26.4 Å². The Bertz CT molecular complexity index is 616. The fourth-order valence-corrected chi connectivity index (χ4v) is 2.09. The van der Waals surface area contributed by atoms with Crippen LogP contribution < -0.4 is 5.32 Å². The van der Waals surface area contributed by atoms with E-state index in [2.05, 4.69) is 21.6 Å². The first-order chi connectivity index (χ1) is 9.04. The summed E-state index contributed by atoms with van der Waals surface area (Å²) in [6.07, 6.45) is 1.69. The van der Waals surface area contributed by atoms with Gasteiger partial charge in [-0.15, -0.1) is 10.2 Å². The zero-order valence-corrected chi connectivity index (χ0v) is 11.7. The first kappa shape index (κ1) is 13.3. The Hall–Kier alpha value is -2.13. The van der Waals surface area contributed by atoms with Crippen molar-refractivity contribution in [3.05, 3.63) is 35.2 Å². The van der Waals surface area contributed by atoms with Gasteiger partial charge in [-0.25, -0.2) is 0 Å². The minimum Gasteiger partial charge on any atom is -0.340 e. The normalized spacial score (nSPS) is 12.4. The van der Waals surface area contributed by atoms with Crippen LogP contribution in [0.4, 0.5) is 0 Å². The summed E-state index contributed by atoms with van der Waals surface area (Å²) in [5, 5.41) is 20.4. The smallest absolute Gasteiger partial charge is 0.149 e. The molecule has 0 aromatic carbocycles. The van der Waals surface area contributed by atoms with Gasteiger partial charge in [-0.05, 0) is 25.5 Å². The van der Waals surface area contributed by atoms with Crippen molar-refractivity contribution >= 4 is 0 Å². The van der Waals surface area contributed by atoms with Crippen molar-refractivity contribution in [3.8, 4) is 6.07 Å². The molecule has 0 aliphatic heterocycles. The maximum atomic E-state index is 9.01. The molecule has 0 saturated carbocycles. The van der Waals surface area contributed by atoms with E-state index in [-0.39, 0.29) is 6.04 Å². The molecule has 0 fully saturated rings. The van der Waals surface area contributed by atoms with Gasteiger partial charge in [-0.3, -0.25) is 0 Å². The molecule has 2 aromatic heterocycles. The van der Waals surface area contributed by atoms with Crippen molar-refractivity contribution in [1.82, 2.24) is 24.6 Å². The minimum absolute atomic E-state index is 0.109. The predicted octanol–water partition coefficient (Wildman–Crippen LogP) is 1.18. The quantitative estimate of drug-likeness (QED) is 0.894. The van der Waals surface area contributed by atoms with E-state index in [0.717, 1.165) is 17.1 Å². The number of nitrogens with one attached hydrogen (secondary N) is 1. The second-order valence-electron chi connectivity index (χ2n) is 4.71. The average Bonchev–Trinajstić information content (AvgIpc) is 2.93. The predicted molar refractivity (Wildman–Crippen MR) is 71.1 cm³/mol. The fraction of sp³-hybridized carbons (Fsp3) is 0.462. The van der Waals surface area contributed by atoms with Gasteiger partial charge in [0.2, 0.25) is 0 Å². The molecule has 19 heavy (non-hydrogen) atoms. The van der Waals surface area contributed by atoms with Crippen molar-refractivity contribution < 1.29 is 0 Å². The average molecular weight is 258 g/mol. The number of nitriles is 1. The van der Waals surface area contributed by atoms with Crippen LogP contribution in [-0.4, -0.2) is 19.3 Å². The molecule has 1 N–H and O–H groups in total. The van der Waals surface area contributed by atoms with Gasteiger partial charge in [-0.1, -0.05) is 0 Å². The molecule has 6 heteroatoms. The topological polar surface area (TPSA) is 71.5 Å². The standard InChI is InChI=1S/C13H18N6/c1-9(13-17-16-8-18(13)3)15-7-11-5-12(6-14)19(4)10(11)2/h5,8-9,15H,7H2,1-4H3. The van der Waals surface area contributed by atoms with E-state index in [4.69, 9.17) is 5.26 Å². The summed E-state index contributed by atoms with van der Waals surface area (Å²) < 4.78 is 3.81. The van der Waals surface area contributed by atoms with Crippen LogP contribution in [0, 0.1) is 18.3 Å². The second-order valence-corrected chi connectivity index (χ2v) is 4.71. The molecule has 6 nitrogen and oxygen atoms in total. The van der Waals surface area contributed by atoms with Gasteiger partial charge < -0.3 is 14.5 Å². The molecule has 0 bridgehead atoms. The minimum atomic E-state index is 0.109. The van der Waals surface area contributed by atoms with Crippen LogP contribution in [0.25, 0.3) is 0 Å². The number of aromatic nitrogens is 4. The molecule has 0 amide bonds. The summed E-state index contributed by atoms with van der Waals surface area (Å²) in [7, 11) is 3.83. The van der Waals surface area contributed by atoms with Crippen LogP contribution in [0.15, 0.2) is 12.4 Å². The maximum Gasteiger partial charge on any atom is 0.149 e. The molecule has 2 rings (SSSR count). The first-order valence-electron chi connectivity index (χ1n) is 6.17. The van der Waals surface area contributed by atoms with Gasteiger partial charge in [0.1, 0.15) is 23.9 Å². The number of nitrogens with zero attached hydrogens (tertiary/aromatic N) is 5. The maximum absolute atomic E-state index is 9.01. The van der Waals surface area contributed by atoms with Crippen LogP contribution in [0.5, 0.6) is 0 Å². The Balaban J connectivity index is 2.08. The number of hydrogen-bond donors (Lipinski definition) is 1. The SMILES string of the molecule is Cc1c(CNC(C)c2nncn2C)cc(C#N)n1C. The van der Waals surface area contributed by atoms with Crippen LogP contribution in [0.1, 0.15) is 35.7 Å². The van der Waals surface area contributed by atoms with Crippen LogP contribution in [0.2, 0.25) is 0 Å². The number of aryl methyl sites for hydroxylation is 1. The van der Waals surface area contributed by atoms with Gasteiger partial charge in [-0.2, -0.15) is 5.26 Å². The molecule has 1 atom stereocenters. The third-order valence-electron chi connectivity index (χ3n) is 3.49. The van der Waals surface area contributed by atoms with Gasteiger partial charge in [0.25, 0.3) is 0 Å². The highest BCUT2D eigenvalue weighted by Crippen LogP contribution is 2.15. The summed E-state index contributed by atoms with van der Waals surface area (Å²) in [5.41, 5.74) is 2.92. The summed E-state index contributed by atoms with van der Waals surface area (Å²) in [6, 6.07) is 4.22. The number of hydrogen-bond acceptors (Lipinski definition) is 4. The summed E-state index contributed by atoms with van der Waals surface area (Å²) in [6.45, 7) is 4.77. The Kier molecular flexibility index (Phi) is 3.67. The molecule has 100 valence electrons. The third-order valence-corrected chi connectivity index (χ3v) is 3.49. The van der Waals surface area contributed by atoms with E-state index in [1.165, 1.54) is 0 Å². The van der Waals surface area contributed by atoms with Gasteiger partial charge in [0.15, 0.2) is 0 Å². The monoisotopic (exact) mass is 258 g/mol. The molecule has 0 saturated heterocycles. The van der Waals surface area contributed by atoms with E-state index in [9.17, 15) is 0 Å². The molecular weight excluding hydrogens is 240 g/mol. The Morgan fingerprint density at radius 1 is 1.47 bits per heavy atom. The molecule has 2 aromatic rings. The lowest BCUT2D eigenvalue weighted by Gasteiger charge is -2.12. The van der Waals surface area contributed by atoms with Crippen molar-refractivity contribution in [2.75, 3.05) is 0 Å². The molecule has 0 aliphatic carbocycles. The van der Waals surface area contributed by atoms with E-state index in [1.807, 2.05) is 43.1 Å². The fourth-order valence-electron chi connectivity index (χ4n) is 2.09. The molecule has 2 heterocycles. The largest absolute Gasteiger partial charge is 0.340 e. The lowest BCUT2D eigenvalue weighted by atomic mass is 10.2. The second kappa shape index (κ2) is 5.24. The third kappa shape index (κ3) is 2.51. The molecule has 1 unspecified atom stereocenters. The molecule has 0 radical (unpaired) electrons. The molecule has 0 aliphatic rings. The first-order valence-corrected chi connectivity index (χ1v) is 6.17. The van der Waals surface area contributed by atoms with E-state index < -0.39 is 0 Å². The van der Waals surface area contributed by atoms with E-state index in [0.29, 0.717) is 12.2 Å². The highest BCUT2D eigenvalue weighted by molar-refractivity contribution is 5.34.